The van der Waals surface area contributed by atoms with Crippen molar-refractivity contribution >= 4 is 5.91 Å². The van der Waals surface area contributed by atoms with Gasteiger partial charge in [0.15, 0.2) is 0 Å². The van der Waals surface area contributed by atoms with Crippen molar-refractivity contribution in [3.8, 4) is 0 Å². The second-order valence-electron chi connectivity index (χ2n) is 6.79. The zero-order chi connectivity index (χ0) is 16.2. The minimum Gasteiger partial charge on any atom is -0.337 e. The van der Waals surface area contributed by atoms with Gasteiger partial charge in [0.05, 0.1) is 5.92 Å². The molecule has 1 N–H and O–H groups in total. The lowest BCUT2D eigenvalue weighted by Gasteiger charge is -2.39. The third-order valence-corrected chi connectivity index (χ3v) is 4.93. The van der Waals surface area contributed by atoms with Gasteiger partial charge in [-0.1, -0.05) is 12.1 Å². The van der Waals surface area contributed by atoms with Gasteiger partial charge in [-0.2, -0.15) is 0 Å². The molecule has 2 heterocycles. The standard InChI is InChI=1S/C18H26FN3O/c1-14-11-20-7-9-22(14)18(23)16-5-3-8-21(13-16)12-15-4-2-6-17(19)10-15/h2,4,6,10,14,16,20H,3,5,7-9,11-13H2,1H3. The first-order chi connectivity index (χ1) is 11.1. The number of piperidine rings is 1. The van der Waals surface area contributed by atoms with Gasteiger partial charge < -0.3 is 10.2 Å². The topological polar surface area (TPSA) is 35.6 Å². The van der Waals surface area contributed by atoms with Crippen LogP contribution in [0.1, 0.15) is 25.3 Å². The molecule has 0 aliphatic carbocycles. The lowest BCUT2D eigenvalue weighted by atomic mass is 9.95. The van der Waals surface area contributed by atoms with E-state index in [0.717, 1.165) is 57.7 Å². The van der Waals surface area contributed by atoms with Crippen molar-refractivity contribution in [3.05, 3.63) is 35.6 Å². The highest BCUT2D eigenvalue weighted by atomic mass is 19.1. The SMILES string of the molecule is CC1CNCCN1C(=O)C1CCCN(Cc2cccc(F)c2)C1. The third kappa shape index (κ3) is 4.09. The maximum absolute atomic E-state index is 13.3. The summed E-state index contributed by atoms with van der Waals surface area (Å²) in [5, 5.41) is 3.33. The monoisotopic (exact) mass is 319 g/mol. The molecule has 23 heavy (non-hydrogen) atoms. The Morgan fingerprint density at radius 3 is 3.04 bits per heavy atom. The van der Waals surface area contributed by atoms with E-state index in [9.17, 15) is 9.18 Å². The number of benzene rings is 1. The number of carbonyl (C=O) groups excluding carboxylic acids is 1. The minimum absolute atomic E-state index is 0.0814. The highest BCUT2D eigenvalue weighted by Gasteiger charge is 2.32. The summed E-state index contributed by atoms with van der Waals surface area (Å²) in [6.45, 7) is 7.17. The van der Waals surface area contributed by atoms with Crippen LogP contribution in [0.15, 0.2) is 24.3 Å². The minimum atomic E-state index is -0.193. The van der Waals surface area contributed by atoms with Crippen molar-refractivity contribution in [1.29, 1.82) is 0 Å². The molecule has 3 rings (SSSR count). The lowest BCUT2D eigenvalue weighted by molar-refractivity contribution is -0.140. The number of carbonyl (C=O) groups is 1. The van der Waals surface area contributed by atoms with Gasteiger partial charge in [0.25, 0.3) is 0 Å². The predicted octanol–water partition coefficient (Wildman–Crippen LogP) is 1.86. The van der Waals surface area contributed by atoms with Crippen LogP contribution in [0.4, 0.5) is 4.39 Å². The third-order valence-electron chi connectivity index (χ3n) is 4.93. The molecule has 4 nitrogen and oxygen atoms in total. The second-order valence-corrected chi connectivity index (χ2v) is 6.79. The van der Waals surface area contributed by atoms with Crippen LogP contribution in [0, 0.1) is 11.7 Å². The number of nitrogens with zero attached hydrogens (tertiary/aromatic N) is 2. The van der Waals surface area contributed by atoms with Gasteiger partial charge >= 0.3 is 0 Å². The summed E-state index contributed by atoms with van der Waals surface area (Å²) in [5.41, 5.74) is 0.980. The molecule has 2 aliphatic rings. The van der Waals surface area contributed by atoms with E-state index in [-0.39, 0.29) is 17.8 Å². The van der Waals surface area contributed by atoms with Gasteiger partial charge in [0.2, 0.25) is 5.91 Å². The zero-order valence-electron chi connectivity index (χ0n) is 13.8. The first kappa shape index (κ1) is 16.4. The van der Waals surface area contributed by atoms with Crippen LogP contribution in [-0.2, 0) is 11.3 Å². The van der Waals surface area contributed by atoms with Crippen molar-refractivity contribution in [2.45, 2.75) is 32.4 Å². The lowest BCUT2D eigenvalue weighted by Crippen LogP contribution is -2.55. The smallest absolute Gasteiger partial charge is 0.227 e. The average molecular weight is 319 g/mol. The molecular formula is C18H26FN3O. The fourth-order valence-electron chi connectivity index (χ4n) is 3.70. The van der Waals surface area contributed by atoms with E-state index in [1.807, 2.05) is 11.0 Å². The highest BCUT2D eigenvalue weighted by molar-refractivity contribution is 5.79. The highest BCUT2D eigenvalue weighted by Crippen LogP contribution is 2.22. The molecule has 0 spiro atoms. The van der Waals surface area contributed by atoms with Crippen molar-refractivity contribution in [1.82, 2.24) is 15.1 Å². The summed E-state index contributed by atoms with van der Waals surface area (Å²) < 4.78 is 13.3. The Labute approximate surface area is 137 Å². The predicted molar refractivity (Wildman–Crippen MR) is 88.4 cm³/mol. The Morgan fingerprint density at radius 2 is 2.26 bits per heavy atom. The molecule has 0 saturated carbocycles. The number of likely N-dealkylation sites (tertiary alicyclic amines) is 1. The van der Waals surface area contributed by atoms with Crippen molar-refractivity contribution < 1.29 is 9.18 Å². The van der Waals surface area contributed by atoms with Gasteiger partial charge in [-0.25, -0.2) is 4.39 Å². The van der Waals surface area contributed by atoms with Gasteiger partial charge in [-0.05, 0) is 44.0 Å². The fourth-order valence-corrected chi connectivity index (χ4v) is 3.70. The summed E-state index contributed by atoms with van der Waals surface area (Å²) in [4.78, 5) is 17.1. The fraction of sp³-hybridized carbons (Fsp3) is 0.611. The molecule has 126 valence electrons. The quantitative estimate of drug-likeness (QED) is 0.924. The molecule has 1 amide bonds. The van der Waals surface area contributed by atoms with Crippen LogP contribution in [0.2, 0.25) is 0 Å². The number of amides is 1. The molecule has 2 fully saturated rings. The molecule has 2 unspecified atom stereocenters. The Hall–Kier alpha value is -1.46. The number of rotatable bonds is 3. The van der Waals surface area contributed by atoms with Gasteiger partial charge in [-0.3, -0.25) is 9.69 Å². The first-order valence-corrected chi connectivity index (χ1v) is 8.61. The van der Waals surface area contributed by atoms with E-state index >= 15 is 0 Å². The zero-order valence-corrected chi connectivity index (χ0v) is 13.8. The van der Waals surface area contributed by atoms with Crippen molar-refractivity contribution in [3.63, 3.8) is 0 Å². The molecule has 2 atom stereocenters. The molecule has 2 aliphatic heterocycles. The Bertz CT molecular complexity index is 551. The number of nitrogens with one attached hydrogen (secondary N) is 1. The second kappa shape index (κ2) is 7.41. The average Bonchev–Trinajstić information content (AvgIpc) is 2.55. The van der Waals surface area contributed by atoms with E-state index in [0.29, 0.717) is 5.91 Å². The molecule has 1 aromatic carbocycles. The summed E-state index contributed by atoms with van der Waals surface area (Å²) in [7, 11) is 0. The molecular weight excluding hydrogens is 293 g/mol. The number of halogens is 1. The van der Waals surface area contributed by atoms with Gasteiger partial charge in [-0.15, -0.1) is 0 Å². The number of hydrogen-bond acceptors (Lipinski definition) is 3. The van der Waals surface area contributed by atoms with Crippen LogP contribution >= 0.6 is 0 Å². The molecule has 5 heteroatoms. The Balaban J connectivity index is 1.60. The van der Waals surface area contributed by atoms with Crippen LogP contribution < -0.4 is 5.32 Å². The largest absolute Gasteiger partial charge is 0.337 e. The first-order valence-electron chi connectivity index (χ1n) is 8.61. The molecule has 2 saturated heterocycles. The summed E-state index contributed by atoms with van der Waals surface area (Å²) in [5.74, 6) is 0.183. The van der Waals surface area contributed by atoms with Crippen LogP contribution in [0.25, 0.3) is 0 Å². The van der Waals surface area contributed by atoms with E-state index in [4.69, 9.17) is 0 Å². The maximum Gasteiger partial charge on any atom is 0.227 e. The van der Waals surface area contributed by atoms with Crippen molar-refractivity contribution in [2.75, 3.05) is 32.7 Å². The normalized spacial score (nSPS) is 26.3. The van der Waals surface area contributed by atoms with Crippen molar-refractivity contribution in [2.24, 2.45) is 5.92 Å². The van der Waals surface area contributed by atoms with Crippen LogP contribution in [0.5, 0.6) is 0 Å². The Kier molecular flexibility index (Phi) is 5.28. The van der Waals surface area contributed by atoms with Crippen LogP contribution in [0.3, 0.4) is 0 Å². The molecule has 0 aromatic heterocycles. The van der Waals surface area contributed by atoms with E-state index < -0.39 is 0 Å². The van der Waals surface area contributed by atoms with Gasteiger partial charge in [0, 0.05) is 38.8 Å². The number of hydrogen-bond donors (Lipinski definition) is 1. The summed E-state index contributed by atoms with van der Waals surface area (Å²) >= 11 is 0. The molecule has 0 radical (unpaired) electrons. The van der Waals surface area contributed by atoms with Crippen LogP contribution in [-0.4, -0.2) is 54.5 Å². The van der Waals surface area contributed by atoms with E-state index in [1.54, 1.807) is 12.1 Å². The van der Waals surface area contributed by atoms with Gasteiger partial charge in [0.1, 0.15) is 5.82 Å². The molecule has 1 aromatic rings. The maximum atomic E-state index is 13.3. The Morgan fingerprint density at radius 1 is 1.39 bits per heavy atom. The molecule has 0 bridgehead atoms. The summed E-state index contributed by atoms with van der Waals surface area (Å²) in [6, 6.07) is 7.03. The van der Waals surface area contributed by atoms with E-state index in [1.165, 1.54) is 6.07 Å². The summed E-state index contributed by atoms with van der Waals surface area (Å²) in [6.07, 6.45) is 2.00. The number of piperazine rings is 1. The van der Waals surface area contributed by atoms with E-state index in [2.05, 4.69) is 17.1 Å².